The first-order chi connectivity index (χ1) is 15.1. The van der Waals surface area contributed by atoms with E-state index in [0.717, 1.165) is 19.3 Å². The SMILES string of the molecule is CCCc1ccc(-c2ccc(-c3ccc(C4C=CC(CC)CC4)cc3)c(F)c2F)cc1. The van der Waals surface area contributed by atoms with Crippen LogP contribution in [0.1, 0.15) is 56.6 Å². The van der Waals surface area contributed by atoms with E-state index < -0.39 is 11.6 Å². The smallest absolute Gasteiger partial charge is 0.167 e. The molecule has 0 aliphatic heterocycles. The molecule has 4 rings (SSSR count). The average molecular weight is 417 g/mol. The maximum absolute atomic E-state index is 15.0. The molecule has 0 radical (unpaired) electrons. The summed E-state index contributed by atoms with van der Waals surface area (Å²) in [5.74, 6) is -0.470. The van der Waals surface area contributed by atoms with Crippen LogP contribution in [-0.4, -0.2) is 0 Å². The van der Waals surface area contributed by atoms with Gasteiger partial charge in [0.15, 0.2) is 11.6 Å². The van der Waals surface area contributed by atoms with Gasteiger partial charge in [-0.2, -0.15) is 0 Å². The third-order valence-electron chi connectivity index (χ3n) is 6.52. The molecule has 0 bridgehead atoms. The molecule has 2 unspecified atom stereocenters. The molecule has 2 heteroatoms. The molecule has 0 saturated heterocycles. The minimum Gasteiger partial charge on any atom is -0.203 e. The summed E-state index contributed by atoms with van der Waals surface area (Å²) in [6, 6.07) is 19.0. The number of benzene rings is 3. The largest absolute Gasteiger partial charge is 0.203 e. The normalized spacial score (nSPS) is 18.3. The van der Waals surface area contributed by atoms with Crippen LogP contribution in [0.5, 0.6) is 0 Å². The molecule has 0 aromatic heterocycles. The minimum absolute atomic E-state index is 0.304. The first-order valence-corrected chi connectivity index (χ1v) is 11.5. The van der Waals surface area contributed by atoms with E-state index in [4.69, 9.17) is 0 Å². The Morgan fingerprint density at radius 1 is 0.710 bits per heavy atom. The van der Waals surface area contributed by atoms with E-state index in [9.17, 15) is 8.78 Å². The van der Waals surface area contributed by atoms with Crippen LogP contribution in [0.25, 0.3) is 22.3 Å². The number of aryl methyl sites for hydroxylation is 1. The van der Waals surface area contributed by atoms with Crippen LogP contribution in [-0.2, 0) is 6.42 Å². The Kier molecular flexibility index (Phi) is 6.65. The van der Waals surface area contributed by atoms with Crippen LogP contribution in [0.4, 0.5) is 8.78 Å². The molecular weight excluding hydrogens is 386 g/mol. The molecule has 0 fully saturated rings. The number of hydrogen-bond acceptors (Lipinski definition) is 0. The quantitative estimate of drug-likeness (QED) is 0.352. The van der Waals surface area contributed by atoms with Crippen molar-refractivity contribution in [2.75, 3.05) is 0 Å². The van der Waals surface area contributed by atoms with Crippen molar-refractivity contribution in [2.45, 2.75) is 51.9 Å². The molecular formula is C29H30F2. The van der Waals surface area contributed by atoms with E-state index in [1.54, 1.807) is 12.1 Å². The van der Waals surface area contributed by atoms with Gasteiger partial charge in [0.25, 0.3) is 0 Å². The van der Waals surface area contributed by atoms with Crippen LogP contribution in [0.15, 0.2) is 72.8 Å². The monoisotopic (exact) mass is 416 g/mol. The standard InChI is InChI=1S/C29H30F2/c1-3-5-21-8-12-24(13-9-21)26-18-19-27(29(31)28(26)30)25-16-14-23(15-17-25)22-10-6-20(4-2)7-11-22/h6,8-10,12-20,22H,3-5,7,11H2,1-2H3. The van der Waals surface area contributed by atoms with E-state index in [2.05, 4.69) is 26.0 Å². The number of hydrogen-bond donors (Lipinski definition) is 0. The Morgan fingerprint density at radius 2 is 1.29 bits per heavy atom. The lowest BCUT2D eigenvalue weighted by Crippen LogP contribution is -2.06. The van der Waals surface area contributed by atoms with Crippen molar-refractivity contribution in [3.63, 3.8) is 0 Å². The predicted molar refractivity (Wildman–Crippen MR) is 126 cm³/mol. The fraction of sp³-hybridized carbons (Fsp3) is 0.310. The second kappa shape index (κ2) is 9.60. The zero-order chi connectivity index (χ0) is 21.8. The van der Waals surface area contributed by atoms with Gasteiger partial charge in [0.1, 0.15) is 0 Å². The summed E-state index contributed by atoms with van der Waals surface area (Å²) in [6.45, 7) is 4.35. The van der Waals surface area contributed by atoms with Crippen molar-refractivity contribution in [2.24, 2.45) is 5.92 Å². The lowest BCUT2D eigenvalue weighted by molar-refractivity contribution is 0.499. The molecule has 0 saturated carbocycles. The lowest BCUT2D eigenvalue weighted by Gasteiger charge is -2.22. The number of rotatable bonds is 6. The number of halogens is 2. The molecule has 3 aromatic carbocycles. The molecule has 160 valence electrons. The van der Waals surface area contributed by atoms with E-state index in [0.29, 0.717) is 34.1 Å². The second-order valence-corrected chi connectivity index (χ2v) is 8.59. The maximum atomic E-state index is 15.0. The zero-order valence-corrected chi connectivity index (χ0v) is 18.4. The van der Waals surface area contributed by atoms with Gasteiger partial charge in [-0.15, -0.1) is 0 Å². The molecule has 0 N–H and O–H groups in total. The minimum atomic E-state index is -0.786. The van der Waals surface area contributed by atoms with Crippen LogP contribution in [0.3, 0.4) is 0 Å². The topological polar surface area (TPSA) is 0 Å². The van der Waals surface area contributed by atoms with Crippen molar-refractivity contribution in [1.82, 2.24) is 0 Å². The van der Waals surface area contributed by atoms with Crippen molar-refractivity contribution >= 4 is 0 Å². The highest BCUT2D eigenvalue weighted by Crippen LogP contribution is 2.35. The Bertz CT molecular complexity index is 1050. The van der Waals surface area contributed by atoms with Gasteiger partial charge in [0, 0.05) is 17.0 Å². The Balaban J connectivity index is 1.57. The molecule has 0 amide bonds. The lowest BCUT2D eigenvalue weighted by atomic mass is 9.83. The Morgan fingerprint density at radius 3 is 1.77 bits per heavy atom. The van der Waals surface area contributed by atoms with Crippen LogP contribution in [0.2, 0.25) is 0 Å². The molecule has 1 aliphatic rings. The van der Waals surface area contributed by atoms with Gasteiger partial charge >= 0.3 is 0 Å². The van der Waals surface area contributed by atoms with Crippen LogP contribution < -0.4 is 0 Å². The summed E-state index contributed by atoms with van der Waals surface area (Å²) >= 11 is 0. The van der Waals surface area contributed by atoms with Crippen LogP contribution >= 0.6 is 0 Å². The average Bonchev–Trinajstić information content (AvgIpc) is 2.82. The first-order valence-electron chi connectivity index (χ1n) is 11.5. The summed E-state index contributed by atoms with van der Waals surface area (Å²) in [5.41, 5.74) is 4.46. The van der Waals surface area contributed by atoms with E-state index in [-0.39, 0.29) is 0 Å². The van der Waals surface area contributed by atoms with Crippen molar-refractivity contribution in [1.29, 1.82) is 0 Å². The Labute approximate surface area is 184 Å². The highest BCUT2D eigenvalue weighted by molar-refractivity contribution is 5.72. The third kappa shape index (κ3) is 4.63. The summed E-state index contributed by atoms with van der Waals surface area (Å²) in [5, 5.41) is 0. The fourth-order valence-corrected chi connectivity index (χ4v) is 4.54. The van der Waals surface area contributed by atoms with Gasteiger partial charge in [-0.25, -0.2) is 8.78 Å². The second-order valence-electron chi connectivity index (χ2n) is 8.59. The summed E-state index contributed by atoms with van der Waals surface area (Å²) < 4.78 is 29.9. The predicted octanol–water partition coefficient (Wildman–Crippen LogP) is 8.71. The molecule has 2 atom stereocenters. The maximum Gasteiger partial charge on any atom is 0.167 e. The van der Waals surface area contributed by atoms with Gasteiger partial charge in [-0.05, 0) is 53.9 Å². The van der Waals surface area contributed by atoms with Crippen molar-refractivity contribution < 1.29 is 8.78 Å². The van der Waals surface area contributed by atoms with Gasteiger partial charge in [0.2, 0.25) is 0 Å². The van der Waals surface area contributed by atoms with E-state index in [1.807, 2.05) is 48.5 Å². The Hall–Kier alpha value is -2.74. The van der Waals surface area contributed by atoms with E-state index >= 15 is 0 Å². The fourth-order valence-electron chi connectivity index (χ4n) is 4.54. The molecule has 0 heterocycles. The molecule has 31 heavy (non-hydrogen) atoms. The molecule has 3 aromatic rings. The van der Waals surface area contributed by atoms with E-state index in [1.165, 1.54) is 24.0 Å². The number of allylic oxidation sites excluding steroid dienone is 2. The summed E-state index contributed by atoms with van der Waals surface area (Å²) in [6.07, 6.45) is 10.2. The molecule has 0 spiro atoms. The van der Waals surface area contributed by atoms with Crippen molar-refractivity contribution in [3.05, 3.63) is 95.6 Å². The van der Waals surface area contributed by atoms with Crippen molar-refractivity contribution in [3.8, 4) is 22.3 Å². The highest BCUT2D eigenvalue weighted by Gasteiger charge is 2.18. The first kappa shape index (κ1) is 21.5. The van der Waals surface area contributed by atoms with Gasteiger partial charge in [-0.1, -0.05) is 93.1 Å². The molecule has 0 nitrogen and oxygen atoms in total. The summed E-state index contributed by atoms with van der Waals surface area (Å²) in [4.78, 5) is 0. The van der Waals surface area contributed by atoms with Gasteiger partial charge in [0.05, 0.1) is 0 Å². The zero-order valence-electron chi connectivity index (χ0n) is 18.4. The molecule has 1 aliphatic carbocycles. The summed E-state index contributed by atoms with van der Waals surface area (Å²) in [7, 11) is 0. The highest BCUT2D eigenvalue weighted by atomic mass is 19.2. The van der Waals surface area contributed by atoms with Gasteiger partial charge < -0.3 is 0 Å². The van der Waals surface area contributed by atoms with Gasteiger partial charge in [-0.3, -0.25) is 0 Å². The third-order valence-corrected chi connectivity index (χ3v) is 6.52. The van der Waals surface area contributed by atoms with Crippen LogP contribution in [0, 0.1) is 17.6 Å².